The molecule has 0 fully saturated rings. The molecule has 0 aliphatic heterocycles. The zero-order valence-corrected chi connectivity index (χ0v) is 22.1. The normalized spacial score (nSPS) is 13.2. The molecule has 0 atom stereocenters. The summed E-state index contributed by atoms with van der Waals surface area (Å²) < 4.78 is 38.7. The monoisotopic (exact) mass is 536 g/mol. The van der Waals surface area contributed by atoms with Crippen LogP contribution in [-0.4, -0.2) is 49.0 Å². The van der Waals surface area contributed by atoms with Crippen molar-refractivity contribution in [2.24, 2.45) is 4.99 Å². The molecule has 2 heterocycles. The number of pyridine rings is 1. The summed E-state index contributed by atoms with van der Waals surface area (Å²) in [5, 5.41) is 9.79. The minimum Gasteiger partial charge on any atom is -0.346 e. The second-order valence-electron chi connectivity index (χ2n) is 8.35. The number of benzene rings is 1. The number of fused-ring (bicyclic) bond motifs is 1. The molecule has 0 saturated carbocycles. The number of carbonyl (C=O) groups excluding carboxylic acids is 1. The van der Waals surface area contributed by atoms with Crippen molar-refractivity contribution in [2.45, 2.75) is 19.8 Å². The van der Waals surface area contributed by atoms with E-state index in [0.717, 1.165) is 26.4 Å². The van der Waals surface area contributed by atoms with Crippen molar-refractivity contribution in [1.29, 1.82) is 5.26 Å². The van der Waals surface area contributed by atoms with Gasteiger partial charge in [-0.25, -0.2) is 14.4 Å². The van der Waals surface area contributed by atoms with E-state index in [1.165, 1.54) is 44.6 Å². The van der Waals surface area contributed by atoms with Gasteiger partial charge in [0.25, 0.3) is 0 Å². The molecule has 0 radical (unpaired) electrons. The molecule has 0 aliphatic carbocycles. The maximum atomic E-state index is 15.0. The number of carbonyl (C=O) groups is 1. The third-order valence-electron chi connectivity index (χ3n) is 5.71. The average molecular weight is 537 g/mol. The number of hydrogen-bond donors (Lipinski definition) is 4. The Morgan fingerprint density at radius 1 is 1.39 bits per heavy atom. The van der Waals surface area contributed by atoms with Crippen LogP contribution in [-0.2, 0) is 6.42 Å². The topological polar surface area (TPSA) is 138 Å². The minimum atomic E-state index is -3.43. The predicted octanol–water partition coefficient (Wildman–Crippen LogP) is 6.14. The standard InChI is InChI=1S/C27H29FN6O3S/c1-5-18(12-13-30-21(6-2)15-29)20-14-23-19(16-31-27(23)32-17-20)10-11-25(35)22-8-7-9-24(26(22)28)33-38(36,37)34(3)4/h5-9,12-14,16-17,33,36-37H,2,10-11H2,1,3-4H3,(H,31,32)/b13-12-,18-5?,30-21?. The number of rotatable bonds is 11. The van der Waals surface area contributed by atoms with Crippen LogP contribution in [0.1, 0.15) is 34.8 Å². The van der Waals surface area contributed by atoms with Crippen LogP contribution in [0.15, 0.2) is 72.7 Å². The summed E-state index contributed by atoms with van der Waals surface area (Å²) in [7, 11) is -0.553. The molecule has 0 spiro atoms. The molecule has 2 aromatic heterocycles. The largest absolute Gasteiger partial charge is 0.346 e. The quantitative estimate of drug-likeness (QED) is 0.131. The van der Waals surface area contributed by atoms with Gasteiger partial charge in [-0.15, -0.1) is 0 Å². The van der Waals surface area contributed by atoms with Crippen LogP contribution in [0.25, 0.3) is 16.6 Å². The van der Waals surface area contributed by atoms with Crippen LogP contribution in [0.3, 0.4) is 0 Å². The number of allylic oxidation sites excluding steroid dienone is 4. The smallest absolute Gasteiger partial charge is 0.166 e. The van der Waals surface area contributed by atoms with Gasteiger partial charge in [0.2, 0.25) is 0 Å². The van der Waals surface area contributed by atoms with E-state index in [1.807, 2.05) is 25.1 Å². The van der Waals surface area contributed by atoms with Gasteiger partial charge in [-0.1, -0.05) is 29.7 Å². The molecular formula is C27H29FN6O3S. The molecule has 38 heavy (non-hydrogen) atoms. The van der Waals surface area contributed by atoms with Crippen molar-refractivity contribution in [1.82, 2.24) is 14.3 Å². The number of hydrogen-bond acceptors (Lipinski definition) is 8. The van der Waals surface area contributed by atoms with Crippen molar-refractivity contribution in [3.05, 3.63) is 90.2 Å². The van der Waals surface area contributed by atoms with E-state index in [9.17, 15) is 13.9 Å². The number of ketones is 1. The lowest BCUT2D eigenvalue weighted by atomic mass is 10.0. The highest BCUT2D eigenvalue weighted by Crippen LogP contribution is 2.41. The van der Waals surface area contributed by atoms with Crippen LogP contribution >= 0.6 is 11.0 Å². The van der Waals surface area contributed by atoms with E-state index in [2.05, 4.69) is 26.3 Å². The summed E-state index contributed by atoms with van der Waals surface area (Å²) in [6, 6.07) is 8.07. The van der Waals surface area contributed by atoms with E-state index >= 15 is 4.39 Å². The Labute approximate surface area is 222 Å². The first kappa shape index (κ1) is 28.5. The number of nitrogens with zero attached hydrogens (tertiary/aromatic N) is 4. The van der Waals surface area contributed by atoms with Gasteiger partial charge in [-0.2, -0.15) is 9.57 Å². The van der Waals surface area contributed by atoms with Gasteiger partial charge in [0.15, 0.2) is 11.6 Å². The van der Waals surface area contributed by atoms with Crippen LogP contribution in [0, 0.1) is 17.1 Å². The Kier molecular flexibility index (Phi) is 9.33. The molecule has 4 N–H and O–H groups in total. The molecule has 11 heteroatoms. The Morgan fingerprint density at radius 3 is 2.82 bits per heavy atom. The maximum Gasteiger partial charge on any atom is 0.166 e. The third-order valence-corrected chi connectivity index (χ3v) is 7.23. The molecule has 198 valence electrons. The Balaban J connectivity index is 1.80. The first-order valence-electron chi connectivity index (χ1n) is 11.6. The molecule has 0 unspecified atom stereocenters. The van der Waals surface area contributed by atoms with Gasteiger partial charge in [-0.05, 0) is 54.8 Å². The van der Waals surface area contributed by atoms with Crippen molar-refractivity contribution >= 4 is 44.8 Å². The highest BCUT2D eigenvalue weighted by Gasteiger charge is 2.21. The summed E-state index contributed by atoms with van der Waals surface area (Å²) in [6.07, 6.45) is 10.4. The zero-order chi connectivity index (χ0) is 27.9. The molecule has 3 rings (SSSR count). The molecular weight excluding hydrogens is 507 g/mol. The third kappa shape index (κ3) is 6.62. The highest BCUT2D eigenvalue weighted by molar-refractivity contribution is 8.23. The molecule has 0 amide bonds. The van der Waals surface area contributed by atoms with E-state index < -0.39 is 22.6 Å². The fraction of sp³-hybridized carbons (Fsp3) is 0.185. The lowest BCUT2D eigenvalue weighted by Crippen LogP contribution is -2.25. The first-order chi connectivity index (χ1) is 18.1. The van der Waals surface area contributed by atoms with E-state index in [0.29, 0.717) is 12.1 Å². The summed E-state index contributed by atoms with van der Waals surface area (Å²) in [6.45, 7) is 5.41. The molecule has 1 aromatic carbocycles. The SMILES string of the molecule is C=CC(C#N)=N/C=C\C(=CC)c1cnc2[nH]cc(CCC(=O)c3cccc(NS(O)(O)N(C)C)c3F)c2c1. The second-order valence-corrected chi connectivity index (χ2v) is 10.3. The summed E-state index contributed by atoms with van der Waals surface area (Å²) in [5.74, 6) is -1.26. The fourth-order valence-electron chi connectivity index (χ4n) is 3.55. The predicted molar refractivity (Wildman–Crippen MR) is 151 cm³/mol. The van der Waals surface area contributed by atoms with Gasteiger partial charge in [-0.3, -0.25) is 18.6 Å². The lowest BCUT2D eigenvalue weighted by Gasteiger charge is -2.38. The lowest BCUT2D eigenvalue weighted by molar-refractivity contribution is 0.0979. The molecule has 0 aliphatic rings. The number of anilines is 1. The number of halogens is 1. The molecule has 0 bridgehead atoms. The van der Waals surface area contributed by atoms with E-state index in [1.54, 1.807) is 18.5 Å². The summed E-state index contributed by atoms with van der Waals surface area (Å²) >= 11 is 0. The van der Waals surface area contributed by atoms with Crippen molar-refractivity contribution in [3.8, 4) is 6.07 Å². The first-order valence-corrected chi connectivity index (χ1v) is 13.1. The van der Waals surface area contributed by atoms with Gasteiger partial charge < -0.3 is 4.98 Å². The number of nitrogens with one attached hydrogen (secondary N) is 2. The van der Waals surface area contributed by atoms with Crippen LogP contribution in [0.5, 0.6) is 0 Å². The van der Waals surface area contributed by atoms with Crippen LogP contribution in [0.4, 0.5) is 10.1 Å². The number of aromatic nitrogens is 2. The number of H-pyrrole nitrogens is 1. The molecule has 9 nitrogen and oxygen atoms in total. The maximum absolute atomic E-state index is 15.0. The van der Waals surface area contributed by atoms with Gasteiger partial charge in [0.1, 0.15) is 17.4 Å². The summed E-state index contributed by atoms with van der Waals surface area (Å²) in [5.41, 5.74) is 3.04. The molecule has 0 saturated heterocycles. The Bertz CT molecular complexity index is 1480. The van der Waals surface area contributed by atoms with E-state index in [-0.39, 0.29) is 23.4 Å². The van der Waals surface area contributed by atoms with Gasteiger partial charge >= 0.3 is 0 Å². The fourth-order valence-corrected chi connectivity index (χ4v) is 4.19. The average Bonchev–Trinajstić information content (AvgIpc) is 3.30. The van der Waals surface area contributed by atoms with Gasteiger partial charge in [0.05, 0.1) is 11.3 Å². The van der Waals surface area contributed by atoms with Gasteiger partial charge in [0, 0.05) is 50.1 Å². The number of aromatic amines is 1. The summed E-state index contributed by atoms with van der Waals surface area (Å²) in [4.78, 5) is 24.5. The number of aryl methyl sites for hydroxylation is 1. The van der Waals surface area contributed by atoms with Crippen molar-refractivity contribution < 1.29 is 18.3 Å². The molecule has 3 aromatic rings. The zero-order valence-electron chi connectivity index (χ0n) is 21.3. The van der Waals surface area contributed by atoms with Crippen LogP contribution < -0.4 is 4.72 Å². The number of Topliss-reactive ketones (excluding diaryl/α,β-unsaturated/α-hetero) is 1. The van der Waals surface area contributed by atoms with Crippen molar-refractivity contribution in [3.63, 3.8) is 0 Å². The van der Waals surface area contributed by atoms with E-state index in [4.69, 9.17) is 5.26 Å². The minimum absolute atomic E-state index is 0.0328. The second kappa shape index (κ2) is 12.4. The Hall–Kier alpha value is -4.08. The number of aliphatic imine (C=N–C) groups is 1. The highest BCUT2D eigenvalue weighted by atomic mass is 32.3. The van der Waals surface area contributed by atoms with Crippen LogP contribution in [0.2, 0.25) is 0 Å². The van der Waals surface area contributed by atoms with Crippen molar-refractivity contribution in [2.75, 3.05) is 18.8 Å². The number of nitriles is 1. The Morgan fingerprint density at radius 2 is 2.16 bits per heavy atom.